The molecule has 0 saturated carbocycles. The highest BCUT2D eigenvalue weighted by atomic mass is 35.5. The zero-order chi connectivity index (χ0) is 22.1. The number of hydrogen-bond acceptors (Lipinski definition) is 6. The third-order valence-corrected chi connectivity index (χ3v) is 6.66. The highest BCUT2D eigenvalue weighted by molar-refractivity contribution is 7.17. The Bertz CT molecular complexity index is 1250. The molecule has 1 aliphatic heterocycles. The fourth-order valence-corrected chi connectivity index (χ4v) is 5.07. The molecule has 4 rings (SSSR count). The van der Waals surface area contributed by atoms with Crippen molar-refractivity contribution in [2.75, 3.05) is 30.9 Å². The van der Waals surface area contributed by atoms with Gasteiger partial charge in [0.15, 0.2) is 0 Å². The first-order valence-electron chi connectivity index (χ1n) is 9.50. The monoisotopic (exact) mass is 451 g/mol. The summed E-state index contributed by atoms with van der Waals surface area (Å²) in [6.07, 6.45) is 0.772. The molecule has 31 heavy (non-hydrogen) atoms. The summed E-state index contributed by atoms with van der Waals surface area (Å²) in [7, 11) is 2.95. The van der Waals surface area contributed by atoms with E-state index < -0.39 is 5.97 Å². The molecule has 0 unspecified atom stereocenters. The Labute approximate surface area is 188 Å². The van der Waals surface area contributed by atoms with E-state index in [1.807, 2.05) is 18.2 Å². The van der Waals surface area contributed by atoms with Crippen LogP contribution in [0, 0.1) is 11.3 Å². The number of rotatable bonds is 3. The zero-order valence-electron chi connectivity index (χ0n) is 16.9. The smallest absolute Gasteiger partial charge is 0.337 e. The van der Waals surface area contributed by atoms with Gasteiger partial charge >= 0.3 is 5.97 Å². The van der Waals surface area contributed by atoms with Crippen LogP contribution in [-0.4, -0.2) is 32.6 Å². The average molecular weight is 452 g/mol. The maximum Gasteiger partial charge on any atom is 0.337 e. The molecule has 156 valence electrons. The van der Waals surface area contributed by atoms with Crippen molar-refractivity contribution in [3.8, 4) is 16.5 Å². The quantitative estimate of drug-likeness (QED) is 0.568. The van der Waals surface area contributed by atoms with Crippen LogP contribution in [0.3, 0.4) is 0 Å². The van der Waals surface area contributed by atoms with Gasteiger partial charge in [-0.2, -0.15) is 5.26 Å². The summed E-state index contributed by atoms with van der Waals surface area (Å²) < 4.78 is 4.71. The van der Waals surface area contributed by atoms with Crippen LogP contribution in [0.25, 0.3) is 10.4 Å². The molecule has 0 radical (unpaired) electrons. The fraction of sp³-hybridized carbons (Fsp3) is 0.174. The van der Waals surface area contributed by atoms with Crippen molar-refractivity contribution in [1.29, 1.82) is 5.26 Å². The van der Waals surface area contributed by atoms with E-state index in [0.717, 1.165) is 34.7 Å². The predicted octanol–water partition coefficient (Wildman–Crippen LogP) is 4.97. The predicted molar refractivity (Wildman–Crippen MR) is 122 cm³/mol. The third kappa shape index (κ3) is 3.88. The Morgan fingerprint density at radius 2 is 2.03 bits per heavy atom. The highest BCUT2D eigenvalue weighted by Crippen LogP contribution is 2.40. The van der Waals surface area contributed by atoms with Crippen molar-refractivity contribution in [2.24, 2.45) is 0 Å². The molecule has 1 aliphatic rings. The number of thiophene rings is 1. The van der Waals surface area contributed by atoms with Gasteiger partial charge in [0.1, 0.15) is 0 Å². The lowest BCUT2D eigenvalue weighted by Gasteiger charge is -2.18. The number of fused-ring (bicyclic) bond motifs is 3. The molecular weight excluding hydrogens is 434 g/mol. The Kier molecular flexibility index (Phi) is 5.68. The standard InChI is InChI=1S/C23H18ClN3O3S/c1-27(19-6-4-15(10-17(19)24)23(29)30-2)22(28)20-11-14-7-8-26-18-9-13(12-25)3-5-16(18)21(14)31-20/h3-6,9-11,26H,7-8H2,1-2H3. The molecule has 1 amide bonds. The number of benzene rings is 2. The van der Waals surface area contributed by atoms with E-state index in [2.05, 4.69) is 11.4 Å². The number of esters is 1. The van der Waals surface area contributed by atoms with E-state index in [9.17, 15) is 14.9 Å². The first-order chi connectivity index (χ1) is 14.9. The first-order valence-corrected chi connectivity index (χ1v) is 10.7. The van der Waals surface area contributed by atoms with Gasteiger partial charge in [0.05, 0.1) is 39.9 Å². The van der Waals surface area contributed by atoms with E-state index in [0.29, 0.717) is 21.7 Å². The van der Waals surface area contributed by atoms with Crippen LogP contribution in [-0.2, 0) is 11.2 Å². The second-order valence-corrected chi connectivity index (χ2v) is 8.50. The molecule has 0 spiro atoms. The van der Waals surface area contributed by atoms with Crippen molar-refractivity contribution in [2.45, 2.75) is 6.42 Å². The van der Waals surface area contributed by atoms with Crippen molar-refractivity contribution < 1.29 is 14.3 Å². The first kappa shape index (κ1) is 20.9. The number of nitrogens with one attached hydrogen (secondary N) is 1. The summed E-state index contributed by atoms with van der Waals surface area (Å²) in [4.78, 5) is 28.0. The molecule has 6 nitrogen and oxygen atoms in total. The largest absolute Gasteiger partial charge is 0.465 e. The minimum absolute atomic E-state index is 0.186. The van der Waals surface area contributed by atoms with Gasteiger partial charge in [-0.1, -0.05) is 17.7 Å². The van der Waals surface area contributed by atoms with Crippen LogP contribution in [0.15, 0.2) is 42.5 Å². The van der Waals surface area contributed by atoms with Gasteiger partial charge in [-0.3, -0.25) is 4.79 Å². The summed E-state index contributed by atoms with van der Waals surface area (Å²) in [5.74, 6) is -0.676. The van der Waals surface area contributed by atoms with Crippen molar-refractivity contribution in [1.82, 2.24) is 0 Å². The molecule has 2 aromatic carbocycles. The van der Waals surface area contributed by atoms with Crippen molar-refractivity contribution in [3.05, 3.63) is 69.1 Å². The molecule has 0 saturated heterocycles. The molecule has 0 aliphatic carbocycles. The van der Waals surface area contributed by atoms with Gasteiger partial charge in [0, 0.05) is 29.7 Å². The van der Waals surface area contributed by atoms with Gasteiger partial charge in [-0.25, -0.2) is 4.79 Å². The summed E-state index contributed by atoms with van der Waals surface area (Å²) in [5, 5.41) is 12.8. The number of carbonyl (C=O) groups excluding carboxylic acids is 2. The number of methoxy groups -OCH3 is 1. The van der Waals surface area contributed by atoms with Crippen molar-refractivity contribution >= 4 is 46.2 Å². The van der Waals surface area contributed by atoms with Crippen LogP contribution >= 0.6 is 22.9 Å². The summed E-state index contributed by atoms with van der Waals surface area (Å²) in [5.41, 5.74) is 4.38. The number of ether oxygens (including phenoxy) is 1. The van der Waals surface area contributed by atoms with Crippen LogP contribution in [0.4, 0.5) is 11.4 Å². The molecule has 1 N–H and O–H groups in total. The van der Waals surface area contributed by atoms with Gasteiger partial charge in [-0.15, -0.1) is 11.3 Å². The normalized spacial score (nSPS) is 11.9. The minimum Gasteiger partial charge on any atom is -0.465 e. The number of nitriles is 1. The number of hydrogen-bond donors (Lipinski definition) is 1. The Hall–Kier alpha value is -3.34. The topological polar surface area (TPSA) is 82.4 Å². The zero-order valence-corrected chi connectivity index (χ0v) is 18.4. The van der Waals surface area contributed by atoms with E-state index in [-0.39, 0.29) is 10.9 Å². The average Bonchev–Trinajstić information content (AvgIpc) is 3.13. The molecular formula is C23H18ClN3O3S. The second kappa shape index (κ2) is 8.42. The van der Waals surface area contributed by atoms with E-state index in [1.165, 1.54) is 29.4 Å². The van der Waals surface area contributed by atoms with Crippen LogP contribution < -0.4 is 10.2 Å². The number of nitrogens with zero attached hydrogens (tertiary/aromatic N) is 2. The molecule has 8 heteroatoms. The lowest BCUT2D eigenvalue weighted by atomic mass is 10.1. The SMILES string of the molecule is COC(=O)c1ccc(N(C)C(=O)c2cc3c(s2)-c2ccc(C#N)cc2NCC3)c(Cl)c1. The minimum atomic E-state index is -0.490. The maximum atomic E-state index is 13.2. The lowest BCUT2D eigenvalue weighted by Crippen LogP contribution is -2.25. The van der Waals surface area contributed by atoms with Gasteiger partial charge in [-0.05, 0) is 48.4 Å². The molecule has 1 aromatic heterocycles. The highest BCUT2D eigenvalue weighted by Gasteiger charge is 2.24. The fourth-order valence-electron chi connectivity index (χ4n) is 3.54. The Morgan fingerprint density at radius 3 is 2.74 bits per heavy atom. The van der Waals surface area contributed by atoms with Crippen LogP contribution in [0.2, 0.25) is 5.02 Å². The maximum absolute atomic E-state index is 13.2. The van der Waals surface area contributed by atoms with Gasteiger partial charge in [0.2, 0.25) is 0 Å². The Balaban J connectivity index is 1.67. The molecule has 2 heterocycles. The summed E-state index contributed by atoms with van der Waals surface area (Å²) >= 11 is 7.76. The molecule has 0 bridgehead atoms. The van der Waals surface area contributed by atoms with Crippen LogP contribution in [0.1, 0.15) is 31.2 Å². The van der Waals surface area contributed by atoms with Crippen LogP contribution in [0.5, 0.6) is 0 Å². The lowest BCUT2D eigenvalue weighted by molar-refractivity contribution is 0.0600. The number of halogens is 1. The summed E-state index contributed by atoms with van der Waals surface area (Å²) in [6, 6.07) is 14.3. The number of amides is 1. The number of anilines is 2. The van der Waals surface area contributed by atoms with E-state index in [1.54, 1.807) is 25.2 Å². The van der Waals surface area contributed by atoms with Gasteiger partial charge < -0.3 is 15.0 Å². The Morgan fingerprint density at radius 1 is 1.23 bits per heavy atom. The second-order valence-electron chi connectivity index (χ2n) is 7.04. The molecule has 3 aromatic rings. The number of carbonyl (C=O) groups is 2. The molecule has 0 fully saturated rings. The van der Waals surface area contributed by atoms with Gasteiger partial charge in [0.25, 0.3) is 5.91 Å². The summed E-state index contributed by atoms with van der Waals surface area (Å²) in [6.45, 7) is 0.718. The van der Waals surface area contributed by atoms with E-state index in [4.69, 9.17) is 16.3 Å². The van der Waals surface area contributed by atoms with Crippen molar-refractivity contribution in [3.63, 3.8) is 0 Å². The third-order valence-electron chi connectivity index (χ3n) is 5.16. The van der Waals surface area contributed by atoms with E-state index >= 15 is 0 Å². The molecule has 0 atom stereocenters.